The number of amides is 3. The van der Waals surface area contributed by atoms with Crippen molar-refractivity contribution < 1.29 is 24.2 Å². The molecule has 2 aliphatic rings. The molecule has 0 unspecified atom stereocenters. The fourth-order valence-electron chi connectivity index (χ4n) is 3.61. The molecule has 0 bridgehead atoms. The lowest BCUT2D eigenvalue weighted by molar-refractivity contribution is 0.0159. The average molecular weight is 415 g/mol. The Labute approximate surface area is 172 Å². The van der Waals surface area contributed by atoms with Gasteiger partial charge in [-0.25, -0.2) is 0 Å². The maximum atomic E-state index is 12.6. The molecule has 0 aromatic heterocycles. The first-order chi connectivity index (χ1) is 14.0. The van der Waals surface area contributed by atoms with Gasteiger partial charge in [-0.05, 0) is 30.3 Å². The number of benzene rings is 2. The van der Waals surface area contributed by atoms with Crippen LogP contribution in [0.15, 0.2) is 48.5 Å². The number of aliphatic hydroxyl groups excluding tert-OH is 1. The zero-order chi connectivity index (χ0) is 20.5. The molecule has 7 nitrogen and oxygen atoms in total. The number of hydrogen-bond donors (Lipinski definition) is 2. The summed E-state index contributed by atoms with van der Waals surface area (Å²) >= 11 is 5.92. The van der Waals surface area contributed by atoms with E-state index >= 15 is 0 Å². The molecule has 4 rings (SSSR count). The number of nitrogens with one attached hydrogen (secondary N) is 1. The normalized spacial score (nSPS) is 23.4. The van der Waals surface area contributed by atoms with Crippen LogP contribution in [0.1, 0.15) is 31.1 Å². The molecule has 3 amide bonds. The van der Waals surface area contributed by atoms with Crippen molar-refractivity contribution in [2.24, 2.45) is 5.92 Å². The molecule has 2 aromatic rings. The van der Waals surface area contributed by atoms with Gasteiger partial charge in [0.1, 0.15) is 6.10 Å². The fraction of sp³-hybridized carbons (Fsp3) is 0.286. The summed E-state index contributed by atoms with van der Waals surface area (Å²) in [6.45, 7) is 0.382. The van der Waals surface area contributed by atoms with Crippen molar-refractivity contribution in [2.45, 2.75) is 12.2 Å². The van der Waals surface area contributed by atoms with Crippen LogP contribution in [0.25, 0.3) is 0 Å². The maximum absolute atomic E-state index is 12.6. The van der Waals surface area contributed by atoms with Crippen molar-refractivity contribution in [2.75, 3.05) is 19.7 Å². The van der Waals surface area contributed by atoms with Gasteiger partial charge in [-0.1, -0.05) is 29.8 Å². The summed E-state index contributed by atoms with van der Waals surface area (Å²) < 4.78 is 5.62. The van der Waals surface area contributed by atoms with Gasteiger partial charge in [-0.3, -0.25) is 19.3 Å². The topological polar surface area (TPSA) is 95.9 Å². The van der Waals surface area contributed by atoms with Crippen molar-refractivity contribution in [3.8, 4) is 0 Å². The van der Waals surface area contributed by atoms with Crippen LogP contribution in [-0.4, -0.2) is 59.6 Å². The third kappa shape index (κ3) is 3.76. The number of carbonyl (C=O) groups is 3. The molecule has 2 heterocycles. The first kappa shape index (κ1) is 19.6. The molecule has 1 fully saturated rings. The van der Waals surface area contributed by atoms with Crippen molar-refractivity contribution in [3.05, 3.63) is 70.2 Å². The summed E-state index contributed by atoms with van der Waals surface area (Å²) in [5, 5.41) is 13.7. The number of fused-ring (bicyclic) bond motifs is 1. The molecular formula is C21H19ClN2O5. The largest absolute Gasteiger partial charge is 0.390 e. The predicted molar refractivity (Wildman–Crippen MR) is 105 cm³/mol. The highest BCUT2D eigenvalue weighted by atomic mass is 35.5. The summed E-state index contributed by atoms with van der Waals surface area (Å²) in [6, 6.07) is 13.3. The molecule has 29 heavy (non-hydrogen) atoms. The van der Waals surface area contributed by atoms with Crippen LogP contribution in [0, 0.1) is 5.92 Å². The van der Waals surface area contributed by atoms with Crippen molar-refractivity contribution in [1.82, 2.24) is 10.2 Å². The summed E-state index contributed by atoms with van der Waals surface area (Å²) in [5.41, 5.74) is 1.07. The second-order valence-electron chi connectivity index (χ2n) is 7.11. The molecule has 8 heteroatoms. The smallest absolute Gasteiger partial charge is 0.261 e. The van der Waals surface area contributed by atoms with Gasteiger partial charge in [0, 0.05) is 23.0 Å². The van der Waals surface area contributed by atoms with Crippen LogP contribution in [0.5, 0.6) is 0 Å². The lowest BCUT2D eigenvalue weighted by Crippen LogP contribution is -2.43. The molecule has 150 valence electrons. The van der Waals surface area contributed by atoms with E-state index in [0.717, 1.165) is 4.90 Å². The van der Waals surface area contributed by atoms with Crippen LogP contribution < -0.4 is 5.32 Å². The molecular weight excluding hydrogens is 396 g/mol. The third-order valence-corrected chi connectivity index (χ3v) is 5.48. The Morgan fingerprint density at radius 3 is 2.62 bits per heavy atom. The lowest BCUT2D eigenvalue weighted by Gasteiger charge is -2.22. The van der Waals surface area contributed by atoms with Crippen LogP contribution >= 0.6 is 11.6 Å². The number of imide groups is 1. The van der Waals surface area contributed by atoms with Gasteiger partial charge in [0.25, 0.3) is 17.7 Å². The molecule has 0 spiro atoms. The van der Waals surface area contributed by atoms with Gasteiger partial charge >= 0.3 is 0 Å². The lowest BCUT2D eigenvalue weighted by atomic mass is 10.0. The maximum Gasteiger partial charge on any atom is 0.261 e. The Kier molecular flexibility index (Phi) is 5.36. The molecule has 0 aliphatic carbocycles. The van der Waals surface area contributed by atoms with Crippen molar-refractivity contribution >= 4 is 29.3 Å². The highest BCUT2D eigenvalue weighted by Crippen LogP contribution is 2.28. The molecule has 1 saturated heterocycles. The minimum Gasteiger partial charge on any atom is -0.390 e. The summed E-state index contributed by atoms with van der Waals surface area (Å²) in [5.74, 6) is -1.46. The van der Waals surface area contributed by atoms with Crippen molar-refractivity contribution in [3.63, 3.8) is 0 Å². The fourth-order valence-corrected chi connectivity index (χ4v) is 3.78. The summed E-state index contributed by atoms with van der Waals surface area (Å²) in [7, 11) is 0. The van der Waals surface area contributed by atoms with E-state index < -0.39 is 24.0 Å². The van der Waals surface area contributed by atoms with Crippen LogP contribution in [0.2, 0.25) is 5.02 Å². The van der Waals surface area contributed by atoms with Gasteiger partial charge in [0.05, 0.1) is 30.4 Å². The van der Waals surface area contributed by atoms with E-state index in [1.54, 1.807) is 30.3 Å². The number of rotatable bonds is 5. The minimum atomic E-state index is -0.918. The Balaban J connectivity index is 1.36. The quantitative estimate of drug-likeness (QED) is 0.726. The predicted octanol–water partition coefficient (Wildman–Crippen LogP) is 1.74. The van der Waals surface area contributed by atoms with Crippen LogP contribution in [0.4, 0.5) is 0 Å². The standard InChI is InChI=1S/C21H19ClN2O5/c22-14-6-7-15-16(8-14)21(28)24(20(15)27)10-17-18(25)13(11-29-17)9-23-19(26)12-4-2-1-3-5-12/h1-8,13,17-18,25H,9-11H2,(H,23,26)/t13-,17-,18+/m1/s1. The molecule has 2 aromatic carbocycles. The minimum absolute atomic E-state index is 0.0612. The van der Waals surface area contributed by atoms with Crippen molar-refractivity contribution in [1.29, 1.82) is 0 Å². The van der Waals surface area contributed by atoms with E-state index in [9.17, 15) is 19.5 Å². The van der Waals surface area contributed by atoms with Gasteiger partial charge in [-0.15, -0.1) is 0 Å². The van der Waals surface area contributed by atoms with Crippen LogP contribution in [-0.2, 0) is 4.74 Å². The molecule has 0 radical (unpaired) electrons. The number of ether oxygens (including phenoxy) is 1. The Hall–Kier alpha value is -2.74. The Morgan fingerprint density at radius 1 is 1.14 bits per heavy atom. The van der Waals surface area contributed by atoms with E-state index in [4.69, 9.17) is 16.3 Å². The average Bonchev–Trinajstić information content (AvgIpc) is 3.19. The second kappa shape index (κ2) is 7.94. The van der Waals surface area contributed by atoms with E-state index in [0.29, 0.717) is 16.1 Å². The Morgan fingerprint density at radius 2 is 1.86 bits per heavy atom. The van der Waals surface area contributed by atoms with E-state index in [2.05, 4.69) is 5.32 Å². The van der Waals surface area contributed by atoms with Gasteiger partial charge < -0.3 is 15.2 Å². The molecule has 3 atom stereocenters. The monoisotopic (exact) mass is 414 g/mol. The van der Waals surface area contributed by atoms with E-state index in [1.165, 1.54) is 12.1 Å². The highest BCUT2D eigenvalue weighted by molar-refractivity contribution is 6.32. The SMILES string of the molecule is O=C(NC[C@@H]1CO[C@H](CN2C(=O)c3ccc(Cl)cc3C2=O)[C@H]1O)c1ccccc1. The highest BCUT2D eigenvalue weighted by Gasteiger charge is 2.42. The van der Waals surface area contributed by atoms with Crippen LogP contribution in [0.3, 0.4) is 0 Å². The summed E-state index contributed by atoms with van der Waals surface area (Å²) in [6.07, 6.45) is -1.63. The Bertz CT molecular complexity index is 965. The van der Waals surface area contributed by atoms with Gasteiger partial charge in [0.2, 0.25) is 0 Å². The number of nitrogens with zero attached hydrogens (tertiary/aromatic N) is 1. The molecule has 2 N–H and O–H groups in total. The molecule has 2 aliphatic heterocycles. The first-order valence-corrected chi connectivity index (χ1v) is 9.62. The van der Waals surface area contributed by atoms with E-state index in [-0.39, 0.29) is 37.1 Å². The molecule has 0 saturated carbocycles. The third-order valence-electron chi connectivity index (χ3n) is 5.24. The number of aliphatic hydroxyl groups is 1. The summed E-state index contributed by atoms with van der Waals surface area (Å²) in [4.78, 5) is 38.3. The number of carbonyl (C=O) groups excluding carboxylic acids is 3. The number of hydrogen-bond acceptors (Lipinski definition) is 5. The zero-order valence-electron chi connectivity index (χ0n) is 15.4. The first-order valence-electron chi connectivity index (χ1n) is 9.24. The number of halogens is 1. The van der Waals surface area contributed by atoms with E-state index in [1.807, 2.05) is 6.07 Å². The van der Waals surface area contributed by atoms with Gasteiger partial charge in [-0.2, -0.15) is 0 Å². The zero-order valence-corrected chi connectivity index (χ0v) is 16.1. The van der Waals surface area contributed by atoms with Gasteiger partial charge in [0.15, 0.2) is 0 Å². The second-order valence-corrected chi connectivity index (χ2v) is 7.55.